The molecule has 0 saturated heterocycles. The van der Waals surface area contributed by atoms with Gasteiger partial charge in [0.25, 0.3) is 0 Å². The summed E-state index contributed by atoms with van der Waals surface area (Å²) in [5.74, 6) is -3.84. The van der Waals surface area contributed by atoms with Crippen molar-refractivity contribution in [2.24, 2.45) is 5.92 Å². The number of ether oxygens (including phenoxy) is 1. The number of nitrogens with zero attached hydrogens (tertiary/aromatic N) is 1. The zero-order chi connectivity index (χ0) is 24.1. The Balaban J connectivity index is 1.88. The van der Waals surface area contributed by atoms with Gasteiger partial charge in [-0.2, -0.15) is 5.26 Å². The van der Waals surface area contributed by atoms with Crippen LogP contribution in [-0.4, -0.2) is 30.6 Å². The summed E-state index contributed by atoms with van der Waals surface area (Å²) >= 11 is 10.5. The fraction of sp³-hybridized carbons (Fsp3) is 0.217. The number of rotatable bonds is 6. The first-order valence-electron chi connectivity index (χ1n) is 9.72. The van der Waals surface area contributed by atoms with Crippen molar-refractivity contribution in [3.63, 3.8) is 0 Å². The number of nitriles is 1. The molecule has 0 spiro atoms. The molecule has 0 aliphatic carbocycles. The first kappa shape index (κ1) is 24.8. The molecule has 2 amide bonds. The van der Waals surface area contributed by atoms with Crippen LogP contribution in [0.25, 0.3) is 0 Å². The van der Waals surface area contributed by atoms with Crippen LogP contribution in [0.1, 0.15) is 17.0 Å². The highest BCUT2D eigenvalue weighted by Gasteiger charge is 2.44. The first-order valence-corrected chi connectivity index (χ1v) is 11.9. The highest BCUT2D eigenvalue weighted by atomic mass is 79.9. The van der Waals surface area contributed by atoms with Crippen molar-refractivity contribution in [1.29, 1.82) is 5.26 Å². The van der Waals surface area contributed by atoms with Gasteiger partial charge in [-0.3, -0.25) is 14.4 Å². The maximum atomic E-state index is 12.8. The molecule has 2 aromatic carbocycles. The number of aryl methyl sites for hydroxylation is 1. The normalized spacial score (nSPS) is 17.7. The predicted molar refractivity (Wildman–Crippen MR) is 130 cm³/mol. The van der Waals surface area contributed by atoms with E-state index in [9.17, 15) is 19.6 Å². The summed E-state index contributed by atoms with van der Waals surface area (Å²) in [7, 11) is 1.19. The second-order valence-electron chi connectivity index (χ2n) is 7.18. The molecule has 0 unspecified atom stereocenters. The molecule has 1 heterocycles. The minimum atomic E-state index is -1.23. The van der Waals surface area contributed by atoms with E-state index in [0.717, 1.165) is 21.8 Å². The van der Waals surface area contributed by atoms with Crippen LogP contribution in [0.2, 0.25) is 5.02 Å². The van der Waals surface area contributed by atoms with Crippen molar-refractivity contribution in [3.05, 3.63) is 73.7 Å². The number of methoxy groups -OCH3 is 1. The zero-order valence-electron chi connectivity index (χ0n) is 17.6. The van der Waals surface area contributed by atoms with E-state index in [2.05, 4.69) is 32.6 Å². The van der Waals surface area contributed by atoms with Gasteiger partial charge in [0, 0.05) is 21.1 Å². The number of carbonyl (C=O) groups is 3. The molecule has 3 rings (SSSR count). The number of thioether (sulfide) groups is 1. The lowest BCUT2D eigenvalue weighted by atomic mass is 9.78. The second-order valence-corrected chi connectivity index (χ2v) is 9.49. The van der Waals surface area contributed by atoms with Crippen LogP contribution >= 0.6 is 39.3 Å². The summed E-state index contributed by atoms with van der Waals surface area (Å²) < 4.78 is 5.56. The zero-order valence-corrected chi connectivity index (χ0v) is 20.8. The van der Waals surface area contributed by atoms with Crippen LogP contribution in [0.5, 0.6) is 0 Å². The maximum Gasteiger partial charge on any atom is 0.319 e. The molecule has 1 aliphatic rings. The Kier molecular flexibility index (Phi) is 8.19. The molecule has 170 valence electrons. The average molecular weight is 549 g/mol. The molecular weight excluding hydrogens is 530 g/mol. The molecule has 2 N–H and O–H groups in total. The Bertz CT molecular complexity index is 1190. The van der Waals surface area contributed by atoms with Crippen LogP contribution in [-0.2, 0) is 19.1 Å². The number of anilines is 1. The van der Waals surface area contributed by atoms with Gasteiger partial charge in [0.05, 0.1) is 29.5 Å². The quantitative estimate of drug-likeness (QED) is 0.406. The second kappa shape index (κ2) is 10.9. The molecule has 2 atom stereocenters. The minimum Gasteiger partial charge on any atom is -0.468 e. The Morgan fingerprint density at radius 2 is 2.06 bits per heavy atom. The Morgan fingerprint density at radius 1 is 1.30 bits per heavy atom. The smallest absolute Gasteiger partial charge is 0.319 e. The highest BCUT2D eigenvalue weighted by molar-refractivity contribution is 9.10. The Morgan fingerprint density at radius 3 is 2.70 bits per heavy atom. The molecule has 33 heavy (non-hydrogen) atoms. The molecule has 1 aliphatic heterocycles. The molecule has 0 fully saturated rings. The van der Waals surface area contributed by atoms with E-state index in [1.165, 1.54) is 7.11 Å². The fourth-order valence-corrected chi connectivity index (χ4v) is 4.83. The Hall–Kier alpha value is -2.80. The van der Waals surface area contributed by atoms with Gasteiger partial charge >= 0.3 is 5.97 Å². The van der Waals surface area contributed by atoms with Gasteiger partial charge in [0.15, 0.2) is 0 Å². The number of amides is 2. The van der Waals surface area contributed by atoms with Crippen LogP contribution < -0.4 is 10.6 Å². The molecule has 2 aromatic rings. The van der Waals surface area contributed by atoms with Crippen LogP contribution in [0.15, 0.2) is 57.5 Å². The number of hydrogen-bond acceptors (Lipinski definition) is 6. The summed E-state index contributed by atoms with van der Waals surface area (Å²) in [5, 5.41) is 16.0. The lowest BCUT2D eigenvalue weighted by molar-refractivity contribution is -0.150. The van der Waals surface area contributed by atoms with Gasteiger partial charge in [0.1, 0.15) is 5.92 Å². The summed E-state index contributed by atoms with van der Waals surface area (Å²) in [5.41, 5.74) is 2.20. The third kappa shape index (κ3) is 5.77. The molecule has 0 radical (unpaired) electrons. The number of allylic oxidation sites excluding steroid dienone is 1. The number of benzene rings is 2. The molecular formula is C23H19BrClN3O4S. The van der Waals surface area contributed by atoms with Gasteiger partial charge < -0.3 is 15.4 Å². The molecule has 7 nitrogen and oxygen atoms in total. The fourth-order valence-electron chi connectivity index (χ4n) is 3.39. The van der Waals surface area contributed by atoms with E-state index in [0.29, 0.717) is 16.3 Å². The number of esters is 1. The molecule has 0 bridgehead atoms. The SMILES string of the molecule is COC(=O)[C@H]1C(=O)NC(SCC(=O)Nc2ccc(C)c(Cl)c2)=C(C#N)[C@H]1c1cccc(Br)c1. The van der Waals surface area contributed by atoms with Gasteiger partial charge in [0.2, 0.25) is 11.8 Å². The number of nitrogens with one attached hydrogen (secondary N) is 2. The summed E-state index contributed by atoms with van der Waals surface area (Å²) in [4.78, 5) is 37.7. The number of halogens is 2. The summed E-state index contributed by atoms with van der Waals surface area (Å²) in [6.07, 6.45) is 0. The van der Waals surface area contributed by atoms with E-state index >= 15 is 0 Å². The molecule has 0 saturated carbocycles. The lowest BCUT2D eigenvalue weighted by Gasteiger charge is -2.31. The van der Waals surface area contributed by atoms with E-state index < -0.39 is 23.7 Å². The topological polar surface area (TPSA) is 108 Å². The largest absolute Gasteiger partial charge is 0.468 e. The summed E-state index contributed by atoms with van der Waals surface area (Å²) in [6, 6.07) is 14.3. The van der Waals surface area contributed by atoms with Gasteiger partial charge in [-0.15, -0.1) is 0 Å². The van der Waals surface area contributed by atoms with Crippen molar-refractivity contribution in [3.8, 4) is 6.07 Å². The van der Waals surface area contributed by atoms with Gasteiger partial charge in [-0.25, -0.2) is 0 Å². The average Bonchev–Trinajstić information content (AvgIpc) is 2.79. The third-order valence-electron chi connectivity index (χ3n) is 4.99. The van der Waals surface area contributed by atoms with Crippen molar-refractivity contribution < 1.29 is 19.1 Å². The molecule has 10 heteroatoms. The monoisotopic (exact) mass is 547 g/mol. The van der Waals surface area contributed by atoms with Gasteiger partial charge in [-0.1, -0.05) is 57.5 Å². The predicted octanol–water partition coefficient (Wildman–Crippen LogP) is 4.52. The maximum absolute atomic E-state index is 12.8. The van der Waals surface area contributed by atoms with Crippen molar-refractivity contribution in [2.45, 2.75) is 12.8 Å². The van der Waals surface area contributed by atoms with E-state index in [1.54, 1.807) is 42.5 Å². The van der Waals surface area contributed by atoms with Crippen LogP contribution in [0.3, 0.4) is 0 Å². The van der Waals surface area contributed by atoms with Crippen LogP contribution in [0, 0.1) is 24.2 Å². The lowest BCUT2D eigenvalue weighted by Crippen LogP contribution is -2.44. The number of carbonyl (C=O) groups excluding carboxylic acids is 3. The van der Waals surface area contributed by atoms with E-state index in [4.69, 9.17) is 16.3 Å². The van der Waals surface area contributed by atoms with Crippen molar-refractivity contribution in [1.82, 2.24) is 5.32 Å². The first-order chi connectivity index (χ1) is 15.7. The van der Waals surface area contributed by atoms with E-state index in [1.807, 2.05) is 6.92 Å². The Labute approximate surface area is 208 Å². The third-order valence-corrected chi connectivity index (χ3v) is 6.91. The van der Waals surface area contributed by atoms with E-state index in [-0.39, 0.29) is 22.3 Å². The summed E-state index contributed by atoms with van der Waals surface area (Å²) in [6.45, 7) is 1.86. The van der Waals surface area contributed by atoms with Gasteiger partial charge in [-0.05, 0) is 42.3 Å². The van der Waals surface area contributed by atoms with Crippen molar-refractivity contribution >= 4 is 62.8 Å². The number of hydrogen-bond donors (Lipinski definition) is 2. The standard InChI is InChI=1S/C23H19BrClN3O4S/c1-12-6-7-15(9-17(12)25)27-18(29)11-33-22-16(10-26)19(13-4-3-5-14(24)8-13)20(21(30)28-22)23(31)32-2/h3-9,19-20H,11H2,1-2H3,(H,27,29)(H,28,30)/t19-,20-/m1/s1. The minimum absolute atomic E-state index is 0.0691. The highest BCUT2D eigenvalue weighted by Crippen LogP contribution is 2.40. The molecule has 0 aromatic heterocycles. The van der Waals surface area contributed by atoms with Crippen molar-refractivity contribution in [2.75, 3.05) is 18.2 Å². The van der Waals surface area contributed by atoms with Crippen LogP contribution in [0.4, 0.5) is 5.69 Å².